The van der Waals surface area contributed by atoms with Gasteiger partial charge in [-0.1, -0.05) is 36.8 Å². The molecule has 0 saturated carbocycles. The average Bonchev–Trinajstić information content (AvgIpc) is 2.96. The first-order valence-corrected chi connectivity index (χ1v) is 10.1. The van der Waals surface area contributed by atoms with E-state index in [1.54, 1.807) is 22.9 Å². The zero-order valence-corrected chi connectivity index (χ0v) is 16.4. The van der Waals surface area contributed by atoms with Gasteiger partial charge in [0, 0.05) is 32.1 Å². The van der Waals surface area contributed by atoms with E-state index >= 15 is 0 Å². The number of carbonyl (C=O) groups excluding carboxylic acids is 1. The van der Waals surface area contributed by atoms with Crippen LogP contribution in [0.1, 0.15) is 46.8 Å². The lowest BCUT2D eigenvalue weighted by Crippen LogP contribution is -2.34. The molecule has 3 heterocycles. The molecule has 0 spiro atoms. The van der Waals surface area contributed by atoms with E-state index in [1.807, 2.05) is 30.3 Å². The molecule has 0 bridgehead atoms. The van der Waals surface area contributed by atoms with Gasteiger partial charge in [0.15, 0.2) is 0 Å². The summed E-state index contributed by atoms with van der Waals surface area (Å²) in [6.45, 7) is 1.80. The molecule has 1 aromatic carbocycles. The molecule has 0 aliphatic carbocycles. The molecule has 0 fully saturated rings. The molecule has 3 aromatic rings. The zero-order chi connectivity index (χ0) is 20.1. The minimum Gasteiger partial charge on any atom is -0.351 e. The fraction of sp³-hybridized carbons (Fsp3) is 0.364. The fourth-order valence-electron chi connectivity index (χ4n) is 3.73. The quantitative estimate of drug-likeness (QED) is 0.698. The number of aromatic nitrogens is 4. The van der Waals surface area contributed by atoms with Gasteiger partial charge < -0.3 is 14.5 Å². The summed E-state index contributed by atoms with van der Waals surface area (Å²) in [6.07, 6.45) is 6.77. The number of nitrogens with one attached hydrogen (secondary N) is 1. The van der Waals surface area contributed by atoms with E-state index in [1.165, 1.54) is 6.42 Å². The van der Waals surface area contributed by atoms with Gasteiger partial charge in [0.25, 0.3) is 11.5 Å². The third-order valence-corrected chi connectivity index (χ3v) is 5.28. The van der Waals surface area contributed by atoms with Gasteiger partial charge in [-0.05, 0) is 30.5 Å². The largest absolute Gasteiger partial charge is 0.351 e. The number of pyridine rings is 1. The van der Waals surface area contributed by atoms with Crippen molar-refractivity contribution in [1.29, 1.82) is 0 Å². The average molecular weight is 391 g/mol. The topological polar surface area (TPSA) is 81.8 Å². The molecule has 7 nitrogen and oxygen atoms in total. The Morgan fingerprint density at radius 2 is 1.90 bits per heavy atom. The Kier molecular flexibility index (Phi) is 5.84. The van der Waals surface area contributed by atoms with Crippen LogP contribution in [0.5, 0.6) is 0 Å². The van der Waals surface area contributed by atoms with Crippen LogP contribution in [-0.4, -0.2) is 31.8 Å². The summed E-state index contributed by atoms with van der Waals surface area (Å²) in [6, 6.07) is 13.0. The Hall–Kier alpha value is -3.22. The number of hydrogen-bond acceptors (Lipinski definition) is 4. The Balaban J connectivity index is 1.40. The second kappa shape index (κ2) is 8.86. The lowest BCUT2D eigenvalue weighted by molar-refractivity contribution is 0.0951. The highest BCUT2D eigenvalue weighted by Crippen LogP contribution is 2.14. The van der Waals surface area contributed by atoms with Crippen molar-refractivity contribution in [2.45, 2.75) is 45.2 Å². The summed E-state index contributed by atoms with van der Waals surface area (Å²) in [7, 11) is 0. The van der Waals surface area contributed by atoms with Crippen LogP contribution in [0.25, 0.3) is 0 Å². The molecule has 150 valence electrons. The number of carbonyl (C=O) groups is 1. The monoisotopic (exact) mass is 391 g/mol. The van der Waals surface area contributed by atoms with Gasteiger partial charge in [-0.25, -0.2) is 0 Å². The van der Waals surface area contributed by atoms with E-state index in [4.69, 9.17) is 0 Å². The van der Waals surface area contributed by atoms with Crippen molar-refractivity contribution in [3.8, 4) is 0 Å². The fourth-order valence-corrected chi connectivity index (χ4v) is 3.73. The van der Waals surface area contributed by atoms with Crippen LogP contribution in [0.3, 0.4) is 0 Å². The summed E-state index contributed by atoms with van der Waals surface area (Å²) in [5.74, 6) is 1.58. The number of nitrogens with zero attached hydrogens (tertiary/aromatic N) is 4. The standard InChI is InChI=1S/C22H25N5O2/c28-21(23-13-12-20-25-24-19-11-5-2-6-15-27(19)20)18-10-7-14-26(22(18)29)16-17-8-3-1-4-9-17/h1,3-4,7-10,14H,2,5-6,11-13,15-16H2,(H,23,28). The van der Waals surface area contributed by atoms with E-state index in [-0.39, 0.29) is 17.0 Å². The Bertz CT molecular complexity index is 1040. The van der Waals surface area contributed by atoms with Crippen molar-refractivity contribution < 1.29 is 4.79 Å². The van der Waals surface area contributed by atoms with Crippen molar-refractivity contribution in [3.63, 3.8) is 0 Å². The van der Waals surface area contributed by atoms with Crippen molar-refractivity contribution in [3.05, 3.63) is 81.8 Å². The van der Waals surface area contributed by atoms with Crippen LogP contribution in [-0.2, 0) is 25.9 Å². The number of fused-ring (bicyclic) bond motifs is 1. The van der Waals surface area contributed by atoms with Gasteiger partial charge in [-0.15, -0.1) is 10.2 Å². The van der Waals surface area contributed by atoms with Crippen LogP contribution >= 0.6 is 0 Å². The highest BCUT2D eigenvalue weighted by atomic mass is 16.2. The van der Waals surface area contributed by atoms with Crippen LogP contribution < -0.4 is 10.9 Å². The molecule has 0 unspecified atom stereocenters. The lowest BCUT2D eigenvalue weighted by Gasteiger charge is -2.10. The summed E-state index contributed by atoms with van der Waals surface area (Å²) >= 11 is 0. The van der Waals surface area contributed by atoms with Gasteiger partial charge in [-0.3, -0.25) is 9.59 Å². The van der Waals surface area contributed by atoms with Gasteiger partial charge >= 0.3 is 0 Å². The van der Waals surface area contributed by atoms with E-state index in [2.05, 4.69) is 20.1 Å². The molecule has 0 atom stereocenters. The van der Waals surface area contributed by atoms with Gasteiger partial charge in [0.05, 0.1) is 6.54 Å². The van der Waals surface area contributed by atoms with E-state index < -0.39 is 0 Å². The third-order valence-electron chi connectivity index (χ3n) is 5.28. The molecule has 7 heteroatoms. The predicted molar refractivity (Wildman–Crippen MR) is 110 cm³/mol. The second-order valence-electron chi connectivity index (χ2n) is 7.34. The number of aryl methyl sites for hydroxylation is 1. The molecular formula is C22H25N5O2. The molecule has 29 heavy (non-hydrogen) atoms. The Labute approximate surface area is 169 Å². The first kappa shape index (κ1) is 19.1. The third kappa shape index (κ3) is 4.45. The molecule has 1 N–H and O–H groups in total. The van der Waals surface area contributed by atoms with E-state index in [0.717, 1.165) is 43.0 Å². The van der Waals surface area contributed by atoms with Crippen molar-refractivity contribution >= 4 is 5.91 Å². The second-order valence-corrected chi connectivity index (χ2v) is 7.34. The molecule has 2 aromatic heterocycles. The van der Waals surface area contributed by atoms with Gasteiger partial charge in [-0.2, -0.15) is 0 Å². The number of amides is 1. The summed E-state index contributed by atoms with van der Waals surface area (Å²) in [4.78, 5) is 25.3. The lowest BCUT2D eigenvalue weighted by atomic mass is 10.2. The first-order chi connectivity index (χ1) is 14.2. The van der Waals surface area contributed by atoms with Crippen molar-refractivity contribution in [2.24, 2.45) is 0 Å². The maximum Gasteiger partial charge on any atom is 0.263 e. The predicted octanol–water partition coefficient (Wildman–Crippen LogP) is 2.19. The Morgan fingerprint density at radius 3 is 2.76 bits per heavy atom. The minimum absolute atomic E-state index is 0.156. The van der Waals surface area contributed by atoms with Crippen molar-refractivity contribution in [1.82, 2.24) is 24.6 Å². The van der Waals surface area contributed by atoms with Crippen LogP contribution in [0.4, 0.5) is 0 Å². The van der Waals surface area contributed by atoms with Crippen LogP contribution in [0.15, 0.2) is 53.5 Å². The summed E-state index contributed by atoms with van der Waals surface area (Å²) < 4.78 is 3.73. The number of rotatable bonds is 6. The zero-order valence-electron chi connectivity index (χ0n) is 16.4. The first-order valence-electron chi connectivity index (χ1n) is 10.1. The highest BCUT2D eigenvalue weighted by Gasteiger charge is 2.16. The molecule has 0 saturated heterocycles. The summed E-state index contributed by atoms with van der Waals surface area (Å²) in [5.41, 5.74) is 0.883. The maximum absolute atomic E-state index is 12.7. The van der Waals surface area contributed by atoms with Gasteiger partial charge in [0.2, 0.25) is 0 Å². The molecule has 1 amide bonds. The van der Waals surface area contributed by atoms with Crippen molar-refractivity contribution in [2.75, 3.05) is 6.54 Å². The normalized spacial score (nSPS) is 13.5. The maximum atomic E-state index is 12.7. The molecular weight excluding hydrogens is 366 g/mol. The number of hydrogen-bond donors (Lipinski definition) is 1. The minimum atomic E-state index is -0.354. The molecule has 1 aliphatic heterocycles. The molecule has 0 radical (unpaired) electrons. The SMILES string of the molecule is O=C(NCCc1nnc2n1CCCCC2)c1cccn(Cc2ccccc2)c1=O. The number of benzene rings is 1. The Morgan fingerprint density at radius 1 is 1.03 bits per heavy atom. The van der Waals surface area contributed by atoms with Gasteiger partial charge in [0.1, 0.15) is 17.2 Å². The highest BCUT2D eigenvalue weighted by molar-refractivity contribution is 5.93. The van der Waals surface area contributed by atoms with Crippen LogP contribution in [0.2, 0.25) is 0 Å². The van der Waals surface area contributed by atoms with Crippen LogP contribution in [0, 0.1) is 0 Å². The molecule has 4 rings (SSSR count). The van der Waals surface area contributed by atoms with E-state index in [0.29, 0.717) is 19.5 Å². The van der Waals surface area contributed by atoms with E-state index in [9.17, 15) is 9.59 Å². The molecule has 1 aliphatic rings. The smallest absolute Gasteiger partial charge is 0.263 e. The summed E-state index contributed by atoms with van der Waals surface area (Å²) in [5, 5.41) is 11.4.